The Bertz CT molecular complexity index is 851. The lowest BCUT2D eigenvalue weighted by Crippen LogP contribution is -2.10. The molecule has 118 valence electrons. The molecular formula is C19H14N2O3. The molecule has 2 aromatic heterocycles. The minimum atomic E-state index is -0.337. The first kappa shape index (κ1) is 15.4. The standard InChI is InChI=1S/C19H14N2O3/c22-17(10-5-14-3-1-11-20-13-14)15-6-8-16(9-7-15)21-19(23)18-4-2-12-24-18/h1-13H,(H,21,23). The van der Waals surface area contributed by atoms with Crippen LogP contribution in [-0.2, 0) is 0 Å². The molecule has 1 N–H and O–H groups in total. The number of allylic oxidation sites excluding steroid dienone is 1. The summed E-state index contributed by atoms with van der Waals surface area (Å²) in [6.07, 6.45) is 7.99. The Hall–Kier alpha value is -3.47. The van der Waals surface area contributed by atoms with E-state index in [0.717, 1.165) is 5.56 Å². The Morgan fingerprint density at radius 3 is 2.54 bits per heavy atom. The monoisotopic (exact) mass is 318 g/mol. The van der Waals surface area contributed by atoms with E-state index in [1.807, 2.05) is 6.07 Å². The van der Waals surface area contributed by atoms with Crippen molar-refractivity contribution in [3.05, 3.63) is 90.2 Å². The maximum absolute atomic E-state index is 12.1. The van der Waals surface area contributed by atoms with Crippen LogP contribution in [0.25, 0.3) is 6.08 Å². The third kappa shape index (κ3) is 3.84. The molecule has 0 spiro atoms. The number of nitrogens with one attached hydrogen (secondary N) is 1. The van der Waals surface area contributed by atoms with Crippen molar-refractivity contribution in [2.45, 2.75) is 0 Å². The second kappa shape index (κ2) is 7.19. The Labute approximate surface area is 138 Å². The van der Waals surface area contributed by atoms with Crippen LogP contribution in [0.5, 0.6) is 0 Å². The predicted molar refractivity (Wildman–Crippen MR) is 90.7 cm³/mol. The number of furan rings is 1. The molecule has 5 heteroatoms. The van der Waals surface area contributed by atoms with Crippen LogP contribution in [0.15, 0.2) is 77.7 Å². The van der Waals surface area contributed by atoms with Crippen LogP contribution < -0.4 is 5.32 Å². The van der Waals surface area contributed by atoms with Crippen LogP contribution >= 0.6 is 0 Å². The number of ketones is 1. The number of hydrogen-bond acceptors (Lipinski definition) is 4. The maximum atomic E-state index is 12.1. The van der Waals surface area contributed by atoms with Gasteiger partial charge in [-0.2, -0.15) is 0 Å². The molecule has 2 heterocycles. The van der Waals surface area contributed by atoms with Crippen molar-refractivity contribution in [1.29, 1.82) is 0 Å². The Morgan fingerprint density at radius 2 is 1.88 bits per heavy atom. The molecule has 0 aliphatic rings. The van der Waals surface area contributed by atoms with E-state index in [1.54, 1.807) is 60.9 Å². The van der Waals surface area contributed by atoms with Crippen LogP contribution in [0.2, 0.25) is 0 Å². The molecule has 1 amide bonds. The van der Waals surface area contributed by atoms with E-state index in [4.69, 9.17) is 4.42 Å². The number of pyridine rings is 1. The predicted octanol–water partition coefficient (Wildman–Crippen LogP) is 3.82. The minimum absolute atomic E-state index is 0.122. The first-order valence-corrected chi connectivity index (χ1v) is 7.30. The van der Waals surface area contributed by atoms with Gasteiger partial charge in [0.2, 0.25) is 0 Å². The Kier molecular flexibility index (Phi) is 4.62. The molecule has 0 aliphatic carbocycles. The number of carbonyl (C=O) groups excluding carboxylic acids is 2. The molecule has 0 atom stereocenters. The van der Waals surface area contributed by atoms with Crippen LogP contribution in [0.3, 0.4) is 0 Å². The van der Waals surface area contributed by atoms with Crippen molar-refractivity contribution in [3.8, 4) is 0 Å². The van der Waals surface area contributed by atoms with Gasteiger partial charge < -0.3 is 9.73 Å². The smallest absolute Gasteiger partial charge is 0.291 e. The number of nitrogens with zero attached hydrogens (tertiary/aromatic N) is 1. The van der Waals surface area contributed by atoms with Gasteiger partial charge in [-0.05, 0) is 60.2 Å². The van der Waals surface area contributed by atoms with Gasteiger partial charge in [0, 0.05) is 23.6 Å². The van der Waals surface area contributed by atoms with E-state index in [0.29, 0.717) is 11.3 Å². The van der Waals surface area contributed by atoms with Gasteiger partial charge >= 0.3 is 0 Å². The first-order chi connectivity index (χ1) is 11.7. The van der Waals surface area contributed by atoms with Gasteiger partial charge in [0.1, 0.15) is 0 Å². The summed E-state index contributed by atoms with van der Waals surface area (Å²) in [5.41, 5.74) is 1.98. The zero-order valence-corrected chi connectivity index (χ0v) is 12.7. The summed E-state index contributed by atoms with van der Waals surface area (Å²) in [4.78, 5) is 28.0. The number of anilines is 1. The zero-order valence-electron chi connectivity index (χ0n) is 12.7. The summed E-state index contributed by atoms with van der Waals surface area (Å²) in [6, 6.07) is 13.6. The summed E-state index contributed by atoms with van der Waals surface area (Å²) in [5, 5.41) is 2.70. The van der Waals surface area contributed by atoms with Crippen molar-refractivity contribution in [2.24, 2.45) is 0 Å². The number of benzene rings is 1. The SMILES string of the molecule is O=C(C=Cc1cccnc1)c1ccc(NC(=O)c2ccco2)cc1. The van der Waals surface area contributed by atoms with Crippen molar-refractivity contribution in [2.75, 3.05) is 5.32 Å². The highest BCUT2D eigenvalue weighted by Gasteiger charge is 2.09. The highest BCUT2D eigenvalue weighted by atomic mass is 16.3. The summed E-state index contributed by atoms with van der Waals surface area (Å²) in [5.74, 6) is -0.229. The van der Waals surface area contributed by atoms with Gasteiger partial charge in [-0.3, -0.25) is 14.6 Å². The summed E-state index contributed by atoms with van der Waals surface area (Å²) in [6.45, 7) is 0. The quantitative estimate of drug-likeness (QED) is 0.573. The fraction of sp³-hybridized carbons (Fsp3) is 0. The lowest BCUT2D eigenvalue weighted by atomic mass is 10.1. The summed E-state index contributed by atoms with van der Waals surface area (Å²) >= 11 is 0. The molecule has 0 aliphatic heterocycles. The van der Waals surface area contributed by atoms with E-state index in [-0.39, 0.29) is 17.5 Å². The van der Waals surface area contributed by atoms with Gasteiger partial charge in [0.25, 0.3) is 5.91 Å². The molecule has 24 heavy (non-hydrogen) atoms. The van der Waals surface area contributed by atoms with Crippen LogP contribution in [0.4, 0.5) is 5.69 Å². The number of aromatic nitrogens is 1. The minimum Gasteiger partial charge on any atom is -0.459 e. The molecule has 1 aromatic carbocycles. The van der Waals surface area contributed by atoms with Gasteiger partial charge in [-0.25, -0.2) is 0 Å². The molecular weight excluding hydrogens is 304 g/mol. The maximum Gasteiger partial charge on any atom is 0.291 e. The van der Waals surface area contributed by atoms with E-state index >= 15 is 0 Å². The second-order valence-electron chi connectivity index (χ2n) is 4.99. The zero-order chi connectivity index (χ0) is 16.8. The summed E-state index contributed by atoms with van der Waals surface area (Å²) in [7, 11) is 0. The third-order valence-corrected chi connectivity index (χ3v) is 3.28. The molecule has 0 saturated heterocycles. The molecule has 5 nitrogen and oxygen atoms in total. The van der Waals surface area contributed by atoms with E-state index in [9.17, 15) is 9.59 Å². The average molecular weight is 318 g/mol. The highest BCUT2D eigenvalue weighted by molar-refractivity contribution is 6.07. The molecule has 3 rings (SSSR count). The van der Waals surface area contributed by atoms with Crippen molar-refractivity contribution in [1.82, 2.24) is 4.98 Å². The molecule has 0 radical (unpaired) electrons. The van der Waals surface area contributed by atoms with Gasteiger partial charge in [0.05, 0.1) is 6.26 Å². The molecule has 0 bridgehead atoms. The highest BCUT2D eigenvalue weighted by Crippen LogP contribution is 2.13. The fourth-order valence-electron chi connectivity index (χ4n) is 2.06. The normalized spacial score (nSPS) is 10.7. The van der Waals surface area contributed by atoms with E-state index in [1.165, 1.54) is 12.3 Å². The van der Waals surface area contributed by atoms with Gasteiger partial charge in [-0.1, -0.05) is 6.07 Å². The Balaban J connectivity index is 1.64. The van der Waals surface area contributed by atoms with Crippen molar-refractivity contribution >= 4 is 23.5 Å². The number of hydrogen-bond donors (Lipinski definition) is 1. The topological polar surface area (TPSA) is 72.2 Å². The fourth-order valence-corrected chi connectivity index (χ4v) is 2.06. The third-order valence-electron chi connectivity index (χ3n) is 3.28. The van der Waals surface area contributed by atoms with Crippen LogP contribution in [-0.4, -0.2) is 16.7 Å². The Morgan fingerprint density at radius 1 is 1.04 bits per heavy atom. The molecule has 3 aromatic rings. The van der Waals surface area contributed by atoms with Crippen molar-refractivity contribution < 1.29 is 14.0 Å². The van der Waals surface area contributed by atoms with Crippen LogP contribution in [0, 0.1) is 0 Å². The number of carbonyl (C=O) groups is 2. The summed E-state index contributed by atoms with van der Waals surface area (Å²) < 4.78 is 5.02. The average Bonchev–Trinajstić information content (AvgIpc) is 3.16. The van der Waals surface area contributed by atoms with E-state index < -0.39 is 0 Å². The lowest BCUT2D eigenvalue weighted by Gasteiger charge is -2.03. The molecule has 0 fully saturated rings. The van der Waals surface area contributed by atoms with Gasteiger partial charge in [0.15, 0.2) is 11.5 Å². The number of amides is 1. The lowest BCUT2D eigenvalue weighted by molar-refractivity contribution is 0.0996. The number of rotatable bonds is 5. The van der Waals surface area contributed by atoms with Gasteiger partial charge in [-0.15, -0.1) is 0 Å². The molecule has 0 saturated carbocycles. The van der Waals surface area contributed by atoms with Crippen LogP contribution in [0.1, 0.15) is 26.5 Å². The first-order valence-electron chi connectivity index (χ1n) is 7.30. The van der Waals surface area contributed by atoms with Crippen molar-refractivity contribution in [3.63, 3.8) is 0 Å². The van der Waals surface area contributed by atoms with E-state index in [2.05, 4.69) is 10.3 Å². The second-order valence-corrected chi connectivity index (χ2v) is 4.99. The largest absolute Gasteiger partial charge is 0.459 e. The molecule has 0 unspecified atom stereocenters.